The van der Waals surface area contributed by atoms with Gasteiger partial charge in [-0.05, 0) is 54.5 Å². The van der Waals surface area contributed by atoms with E-state index in [9.17, 15) is 9.59 Å². The van der Waals surface area contributed by atoms with Crippen LogP contribution in [0.2, 0.25) is 10.0 Å². The quantitative estimate of drug-likeness (QED) is 0.310. The van der Waals surface area contributed by atoms with Gasteiger partial charge in [-0.1, -0.05) is 36.5 Å². The normalized spacial score (nSPS) is 10.7. The molecule has 0 saturated carbocycles. The molecule has 0 atom stereocenters. The minimum atomic E-state index is -0.537. The largest absolute Gasteiger partial charge is 0.484 e. The highest BCUT2D eigenvalue weighted by Crippen LogP contribution is 2.28. The van der Waals surface area contributed by atoms with Gasteiger partial charge in [-0.3, -0.25) is 10.2 Å². The number of nitrogens with one attached hydrogen (secondary N) is 1. The van der Waals surface area contributed by atoms with E-state index < -0.39 is 11.5 Å². The van der Waals surface area contributed by atoms with E-state index in [1.165, 1.54) is 12.1 Å². The van der Waals surface area contributed by atoms with Crippen molar-refractivity contribution in [3.8, 4) is 5.75 Å². The fourth-order valence-electron chi connectivity index (χ4n) is 2.97. The summed E-state index contributed by atoms with van der Waals surface area (Å²) in [4.78, 5) is 24.2. The summed E-state index contributed by atoms with van der Waals surface area (Å²) >= 11 is 17.2. The first-order chi connectivity index (χ1) is 14.8. The van der Waals surface area contributed by atoms with E-state index in [0.717, 1.165) is 28.8 Å². The van der Waals surface area contributed by atoms with Gasteiger partial charge >= 0.3 is 5.63 Å². The van der Waals surface area contributed by atoms with Crippen LogP contribution in [0.4, 0.5) is 5.69 Å². The van der Waals surface area contributed by atoms with Crippen LogP contribution in [-0.4, -0.2) is 17.6 Å². The zero-order valence-corrected chi connectivity index (χ0v) is 18.8. The van der Waals surface area contributed by atoms with Crippen molar-refractivity contribution in [3.05, 3.63) is 68.5 Å². The SMILES string of the molecule is CCCc1cc(=O)oc2cc(OCC(=O)NN(C(N)=S)c3cc(Cl)ccc3Cl)ccc12. The van der Waals surface area contributed by atoms with Crippen LogP contribution in [-0.2, 0) is 11.2 Å². The van der Waals surface area contributed by atoms with Crippen LogP contribution in [0.1, 0.15) is 18.9 Å². The van der Waals surface area contributed by atoms with Gasteiger partial charge in [-0.15, -0.1) is 0 Å². The minimum Gasteiger partial charge on any atom is -0.484 e. The number of ether oxygens (including phenoxy) is 1. The number of carbonyl (C=O) groups excluding carboxylic acids is 1. The lowest BCUT2D eigenvalue weighted by atomic mass is 10.1. The average Bonchev–Trinajstić information content (AvgIpc) is 2.72. The lowest BCUT2D eigenvalue weighted by Gasteiger charge is -2.24. The van der Waals surface area contributed by atoms with Crippen molar-refractivity contribution in [1.82, 2.24) is 5.43 Å². The van der Waals surface area contributed by atoms with E-state index in [1.54, 1.807) is 30.3 Å². The van der Waals surface area contributed by atoms with Crippen molar-refractivity contribution in [1.29, 1.82) is 0 Å². The number of nitrogens with zero attached hydrogens (tertiary/aromatic N) is 1. The molecule has 0 spiro atoms. The number of carbonyl (C=O) groups is 1. The Kier molecular flexibility index (Phi) is 7.37. The maximum absolute atomic E-state index is 12.4. The summed E-state index contributed by atoms with van der Waals surface area (Å²) in [5, 5.41) is 2.53. The fraction of sp³-hybridized carbons (Fsp3) is 0.190. The molecule has 3 aromatic rings. The Labute approximate surface area is 193 Å². The molecule has 0 aliphatic rings. The molecule has 162 valence electrons. The second-order valence-corrected chi connectivity index (χ2v) is 7.85. The summed E-state index contributed by atoms with van der Waals surface area (Å²) in [6.45, 7) is 1.69. The maximum Gasteiger partial charge on any atom is 0.336 e. The number of anilines is 1. The van der Waals surface area contributed by atoms with Gasteiger partial charge < -0.3 is 14.9 Å². The summed E-state index contributed by atoms with van der Waals surface area (Å²) in [6.07, 6.45) is 1.65. The second kappa shape index (κ2) is 10.00. The van der Waals surface area contributed by atoms with Gasteiger partial charge in [0, 0.05) is 22.5 Å². The van der Waals surface area contributed by atoms with Crippen LogP contribution < -0.4 is 26.5 Å². The van der Waals surface area contributed by atoms with E-state index in [2.05, 4.69) is 5.43 Å². The molecule has 3 N–H and O–H groups in total. The van der Waals surface area contributed by atoms with Crippen molar-refractivity contribution in [2.24, 2.45) is 5.73 Å². The average molecular weight is 480 g/mol. The highest BCUT2D eigenvalue weighted by molar-refractivity contribution is 7.80. The van der Waals surface area contributed by atoms with E-state index in [-0.39, 0.29) is 11.7 Å². The molecular formula is C21H19Cl2N3O4S. The van der Waals surface area contributed by atoms with Gasteiger partial charge in [0.15, 0.2) is 11.7 Å². The van der Waals surface area contributed by atoms with Crippen LogP contribution in [0.15, 0.2) is 51.7 Å². The van der Waals surface area contributed by atoms with E-state index in [4.69, 9.17) is 50.3 Å². The molecule has 0 unspecified atom stereocenters. The summed E-state index contributed by atoms with van der Waals surface area (Å²) in [5.41, 5.74) is 9.44. The smallest absolute Gasteiger partial charge is 0.336 e. The van der Waals surface area contributed by atoms with Crippen LogP contribution in [0.25, 0.3) is 11.0 Å². The predicted molar refractivity (Wildman–Crippen MR) is 126 cm³/mol. The third-order valence-electron chi connectivity index (χ3n) is 4.30. The second-order valence-electron chi connectivity index (χ2n) is 6.59. The lowest BCUT2D eigenvalue weighted by Crippen LogP contribution is -2.50. The first-order valence-corrected chi connectivity index (χ1v) is 10.5. The molecule has 2 aromatic carbocycles. The van der Waals surface area contributed by atoms with E-state index >= 15 is 0 Å². The van der Waals surface area contributed by atoms with Gasteiger partial charge in [-0.2, -0.15) is 0 Å². The first-order valence-electron chi connectivity index (χ1n) is 9.32. The topological polar surface area (TPSA) is 97.8 Å². The standard InChI is InChI=1S/C21H19Cl2N3O4S/c1-2-3-12-8-20(28)30-18-10-14(5-6-15(12)18)29-11-19(27)25-26(21(24)31)17-9-13(22)4-7-16(17)23/h4-10H,2-3,11H2,1H3,(H2,24,31)(H,25,27). The number of nitrogens with two attached hydrogens (primary N) is 1. The number of halogens is 2. The Morgan fingerprint density at radius 1 is 1.23 bits per heavy atom. The Morgan fingerprint density at radius 3 is 2.71 bits per heavy atom. The third kappa shape index (κ3) is 5.66. The summed E-state index contributed by atoms with van der Waals surface area (Å²) in [7, 11) is 0. The van der Waals surface area contributed by atoms with Gasteiger partial charge in [-0.25, -0.2) is 9.80 Å². The zero-order valence-electron chi connectivity index (χ0n) is 16.5. The highest BCUT2D eigenvalue weighted by atomic mass is 35.5. The highest BCUT2D eigenvalue weighted by Gasteiger charge is 2.17. The Hall–Kier alpha value is -2.81. The molecule has 1 heterocycles. The molecule has 31 heavy (non-hydrogen) atoms. The molecule has 0 saturated heterocycles. The molecule has 3 rings (SSSR count). The number of benzene rings is 2. The zero-order chi connectivity index (χ0) is 22.5. The lowest BCUT2D eigenvalue weighted by molar-refractivity contribution is -0.123. The van der Waals surface area contributed by atoms with E-state index in [1.807, 2.05) is 6.92 Å². The number of hydrogen-bond donors (Lipinski definition) is 2. The summed E-state index contributed by atoms with van der Waals surface area (Å²) in [5.74, 6) is -0.174. The Morgan fingerprint density at radius 2 is 2.00 bits per heavy atom. The molecule has 1 amide bonds. The number of rotatable bonds is 6. The van der Waals surface area contributed by atoms with Crippen molar-refractivity contribution in [2.45, 2.75) is 19.8 Å². The molecule has 0 aliphatic heterocycles. The fourth-order valence-corrected chi connectivity index (χ4v) is 3.49. The van der Waals surface area contributed by atoms with Gasteiger partial charge in [0.05, 0.1) is 10.7 Å². The van der Waals surface area contributed by atoms with Gasteiger partial charge in [0.25, 0.3) is 5.91 Å². The monoisotopic (exact) mass is 479 g/mol. The molecule has 7 nitrogen and oxygen atoms in total. The number of hydrogen-bond acceptors (Lipinski definition) is 5. The molecule has 0 fully saturated rings. The molecule has 0 radical (unpaired) electrons. The van der Waals surface area contributed by atoms with Gasteiger partial charge in [0.2, 0.25) is 0 Å². The van der Waals surface area contributed by atoms with Crippen LogP contribution in [0.5, 0.6) is 5.75 Å². The van der Waals surface area contributed by atoms with Crippen molar-refractivity contribution in [2.75, 3.05) is 11.6 Å². The molecule has 0 bridgehead atoms. The number of thiocarbonyl (C=S) groups is 1. The summed E-state index contributed by atoms with van der Waals surface area (Å²) < 4.78 is 10.8. The molecule has 0 aliphatic carbocycles. The Balaban J connectivity index is 1.73. The van der Waals surface area contributed by atoms with Crippen molar-refractivity contribution < 1.29 is 13.9 Å². The first kappa shape index (κ1) is 22.9. The Bertz CT molecular complexity index is 1200. The van der Waals surface area contributed by atoms with Crippen molar-refractivity contribution in [3.63, 3.8) is 0 Å². The van der Waals surface area contributed by atoms with Crippen LogP contribution in [0, 0.1) is 0 Å². The van der Waals surface area contributed by atoms with E-state index in [0.29, 0.717) is 27.1 Å². The minimum absolute atomic E-state index is 0.131. The summed E-state index contributed by atoms with van der Waals surface area (Å²) in [6, 6.07) is 11.2. The van der Waals surface area contributed by atoms with Crippen molar-refractivity contribution >= 4 is 63.1 Å². The molecule has 10 heteroatoms. The number of amides is 1. The molecule has 1 aromatic heterocycles. The maximum atomic E-state index is 12.4. The molecular weight excluding hydrogens is 461 g/mol. The predicted octanol–water partition coefficient (Wildman–Crippen LogP) is 4.21. The van der Waals surface area contributed by atoms with Crippen LogP contribution in [0.3, 0.4) is 0 Å². The van der Waals surface area contributed by atoms with Gasteiger partial charge in [0.1, 0.15) is 11.3 Å². The van der Waals surface area contributed by atoms with Crippen LogP contribution >= 0.6 is 35.4 Å². The third-order valence-corrected chi connectivity index (χ3v) is 5.03. The number of hydrazine groups is 1. The number of fused-ring (bicyclic) bond motifs is 1. The number of aryl methyl sites for hydroxylation is 1.